The minimum atomic E-state index is -0.109. The first-order chi connectivity index (χ1) is 19.1. The molecule has 0 aromatic heterocycles. The number of carbonyl (C=O) groups is 1. The van der Waals surface area contributed by atoms with E-state index in [1.807, 2.05) is 60.7 Å². The summed E-state index contributed by atoms with van der Waals surface area (Å²) in [4.78, 5) is 15.4. The molecular weight excluding hydrogens is 490 g/mol. The van der Waals surface area contributed by atoms with Crippen LogP contribution in [0.15, 0.2) is 90.7 Å². The van der Waals surface area contributed by atoms with Crippen LogP contribution in [-0.4, -0.2) is 38.2 Å². The third-order valence-corrected chi connectivity index (χ3v) is 7.16. The van der Waals surface area contributed by atoms with Crippen molar-refractivity contribution in [3.8, 4) is 34.1 Å². The number of allylic oxidation sites excluding steroid dienone is 1. The zero-order valence-electron chi connectivity index (χ0n) is 22.0. The smallest absolute Gasteiger partial charge is 0.231 e. The molecule has 4 aromatic carbocycles. The molecule has 2 aliphatic heterocycles. The highest BCUT2D eigenvalue weighted by Crippen LogP contribution is 2.42. The monoisotopic (exact) mass is 519 g/mol. The van der Waals surface area contributed by atoms with Crippen molar-refractivity contribution in [1.82, 2.24) is 4.90 Å². The van der Waals surface area contributed by atoms with E-state index in [0.717, 1.165) is 46.5 Å². The fraction of sp³-hybridized carbons (Fsp3) is 0.182. The Hall–Kier alpha value is -4.55. The first-order valence-electron chi connectivity index (χ1n) is 12.9. The third kappa shape index (κ3) is 4.99. The highest BCUT2D eigenvalue weighted by Gasteiger charge is 2.33. The van der Waals surface area contributed by atoms with Gasteiger partial charge in [0.15, 0.2) is 17.3 Å². The van der Waals surface area contributed by atoms with Crippen LogP contribution in [0.25, 0.3) is 17.2 Å². The molecule has 0 atom stereocenters. The van der Waals surface area contributed by atoms with Crippen molar-refractivity contribution in [1.29, 1.82) is 0 Å². The first kappa shape index (κ1) is 24.8. The number of ketones is 1. The Bertz CT molecular complexity index is 1540. The van der Waals surface area contributed by atoms with Gasteiger partial charge < -0.3 is 18.9 Å². The minimum Gasteiger partial charge on any atom is -0.493 e. The van der Waals surface area contributed by atoms with Gasteiger partial charge in [0.05, 0.1) is 25.3 Å². The summed E-state index contributed by atoms with van der Waals surface area (Å²) < 4.78 is 23.0. The number of carbonyl (C=O) groups excluding carboxylic acids is 1. The predicted octanol–water partition coefficient (Wildman–Crippen LogP) is 6.38. The molecule has 0 aliphatic carbocycles. The summed E-state index contributed by atoms with van der Waals surface area (Å²) in [6.45, 7) is 1.89. The number of methoxy groups -OCH3 is 2. The van der Waals surface area contributed by atoms with E-state index in [4.69, 9.17) is 18.9 Å². The minimum absolute atomic E-state index is 0.109. The highest BCUT2D eigenvalue weighted by molar-refractivity contribution is 6.15. The Kier molecular flexibility index (Phi) is 6.78. The molecule has 0 N–H and O–H groups in total. The van der Waals surface area contributed by atoms with E-state index in [9.17, 15) is 4.79 Å². The van der Waals surface area contributed by atoms with E-state index in [0.29, 0.717) is 41.8 Å². The summed E-state index contributed by atoms with van der Waals surface area (Å²) in [5.41, 5.74) is 5.81. The number of nitrogens with zero attached hydrogens (tertiary/aromatic N) is 1. The zero-order valence-corrected chi connectivity index (χ0v) is 22.0. The number of hydrogen-bond acceptors (Lipinski definition) is 6. The molecule has 0 bridgehead atoms. The summed E-state index contributed by atoms with van der Waals surface area (Å²) in [5.74, 6) is 3.01. The molecule has 2 heterocycles. The zero-order chi connectivity index (χ0) is 26.8. The number of hydrogen-bond donors (Lipinski definition) is 0. The topological polar surface area (TPSA) is 57.2 Å². The van der Waals surface area contributed by atoms with Crippen LogP contribution < -0.4 is 18.9 Å². The Morgan fingerprint density at radius 1 is 0.872 bits per heavy atom. The molecule has 39 heavy (non-hydrogen) atoms. The van der Waals surface area contributed by atoms with Gasteiger partial charge in [0.2, 0.25) is 5.78 Å². The number of ether oxygens (including phenoxy) is 4. The second-order valence-electron chi connectivity index (χ2n) is 9.61. The molecule has 6 nitrogen and oxygen atoms in total. The van der Waals surface area contributed by atoms with E-state index in [1.54, 1.807) is 20.3 Å². The SMILES string of the molecule is COc1ccc(CCN2COc3ccc4c(c3C2)O/C(=C\c2ccc(-c3ccccc3)cc2)C4=O)cc1OC. The second-order valence-corrected chi connectivity index (χ2v) is 9.61. The molecule has 0 radical (unpaired) electrons. The Balaban J connectivity index is 1.17. The van der Waals surface area contributed by atoms with Gasteiger partial charge in [0.1, 0.15) is 18.2 Å². The molecule has 196 valence electrons. The molecular formula is C33H29NO5. The summed E-state index contributed by atoms with van der Waals surface area (Å²) in [5, 5.41) is 0. The average molecular weight is 520 g/mol. The van der Waals surface area contributed by atoms with Crippen LogP contribution in [0.4, 0.5) is 0 Å². The van der Waals surface area contributed by atoms with Crippen molar-refractivity contribution >= 4 is 11.9 Å². The van der Waals surface area contributed by atoms with E-state index in [2.05, 4.69) is 29.2 Å². The van der Waals surface area contributed by atoms with Crippen LogP contribution in [0.2, 0.25) is 0 Å². The normalized spacial score (nSPS) is 15.3. The molecule has 0 amide bonds. The van der Waals surface area contributed by atoms with Crippen molar-refractivity contribution in [2.45, 2.75) is 13.0 Å². The summed E-state index contributed by atoms with van der Waals surface area (Å²) >= 11 is 0. The summed E-state index contributed by atoms with van der Waals surface area (Å²) in [7, 11) is 3.27. The first-order valence-corrected chi connectivity index (χ1v) is 12.9. The predicted molar refractivity (Wildman–Crippen MR) is 150 cm³/mol. The van der Waals surface area contributed by atoms with Gasteiger partial charge in [-0.3, -0.25) is 9.69 Å². The lowest BCUT2D eigenvalue weighted by Crippen LogP contribution is -2.33. The molecule has 4 aromatic rings. The van der Waals surface area contributed by atoms with Gasteiger partial charge in [-0.05, 0) is 59.0 Å². The molecule has 0 spiro atoms. The number of Topliss-reactive ketones (excluding diaryl/α,β-unsaturated/α-hetero) is 1. The molecule has 0 saturated carbocycles. The maximum absolute atomic E-state index is 13.2. The Morgan fingerprint density at radius 3 is 2.41 bits per heavy atom. The lowest BCUT2D eigenvalue weighted by atomic mass is 10.0. The van der Waals surface area contributed by atoms with Gasteiger partial charge in [-0.1, -0.05) is 60.7 Å². The molecule has 0 fully saturated rings. The second kappa shape index (κ2) is 10.7. The summed E-state index contributed by atoms with van der Waals surface area (Å²) in [6.07, 6.45) is 2.63. The standard InChI is InChI=1S/C33H29NO5/c1-36-29-14-10-23(18-30(29)37-2)16-17-34-20-27-28(38-21-34)15-13-26-32(35)31(39-33(26)27)19-22-8-11-25(12-9-22)24-6-4-3-5-7-24/h3-15,18-19H,16-17,20-21H2,1-2H3/b31-19-. The molecule has 6 rings (SSSR count). The van der Waals surface area contributed by atoms with Crippen molar-refractivity contribution in [2.75, 3.05) is 27.5 Å². The third-order valence-electron chi connectivity index (χ3n) is 7.16. The van der Waals surface area contributed by atoms with E-state index in [1.165, 1.54) is 0 Å². The number of benzene rings is 4. The maximum atomic E-state index is 13.2. The summed E-state index contributed by atoms with van der Waals surface area (Å²) in [6, 6.07) is 28.0. The highest BCUT2D eigenvalue weighted by atomic mass is 16.5. The molecule has 2 aliphatic rings. The molecule has 6 heteroatoms. The fourth-order valence-corrected chi connectivity index (χ4v) is 5.02. The van der Waals surface area contributed by atoms with Crippen LogP contribution in [0.3, 0.4) is 0 Å². The lowest BCUT2D eigenvalue weighted by Gasteiger charge is -2.29. The van der Waals surface area contributed by atoms with Crippen molar-refractivity contribution in [3.05, 3.63) is 113 Å². The van der Waals surface area contributed by atoms with Gasteiger partial charge in [-0.15, -0.1) is 0 Å². The maximum Gasteiger partial charge on any atom is 0.231 e. The van der Waals surface area contributed by atoms with Crippen LogP contribution in [-0.2, 0) is 13.0 Å². The molecule has 0 saturated heterocycles. The van der Waals surface area contributed by atoms with Crippen LogP contribution in [0.5, 0.6) is 23.0 Å². The van der Waals surface area contributed by atoms with Gasteiger partial charge in [0, 0.05) is 13.1 Å². The average Bonchev–Trinajstić information content (AvgIpc) is 3.31. The van der Waals surface area contributed by atoms with Gasteiger partial charge in [-0.2, -0.15) is 0 Å². The molecule has 0 unspecified atom stereocenters. The van der Waals surface area contributed by atoms with Crippen LogP contribution in [0.1, 0.15) is 27.0 Å². The largest absolute Gasteiger partial charge is 0.493 e. The van der Waals surface area contributed by atoms with Crippen molar-refractivity contribution in [3.63, 3.8) is 0 Å². The Labute approximate surface area is 228 Å². The van der Waals surface area contributed by atoms with Crippen LogP contribution in [0, 0.1) is 0 Å². The van der Waals surface area contributed by atoms with E-state index >= 15 is 0 Å². The van der Waals surface area contributed by atoms with E-state index in [-0.39, 0.29) is 5.78 Å². The van der Waals surface area contributed by atoms with Crippen molar-refractivity contribution < 1.29 is 23.7 Å². The van der Waals surface area contributed by atoms with Crippen molar-refractivity contribution in [2.24, 2.45) is 0 Å². The van der Waals surface area contributed by atoms with Gasteiger partial charge in [-0.25, -0.2) is 0 Å². The van der Waals surface area contributed by atoms with Gasteiger partial charge >= 0.3 is 0 Å². The quantitative estimate of drug-likeness (QED) is 0.264. The fourth-order valence-electron chi connectivity index (χ4n) is 5.02. The van der Waals surface area contributed by atoms with E-state index < -0.39 is 0 Å². The number of fused-ring (bicyclic) bond motifs is 3. The van der Waals surface area contributed by atoms with Crippen LogP contribution >= 0.6 is 0 Å². The number of rotatable bonds is 7. The Morgan fingerprint density at radius 2 is 1.64 bits per heavy atom. The van der Waals surface area contributed by atoms with Gasteiger partial charge in [0.25, 0.3) is 0 Å². The lowest BCUT2D eigenvalue weighted by molar-refractivity contribution is 0.0949.